The molecule has 0 unspecified atom stereocenters. The molecule has 2 amide bonds. The van der Waals surface area contributed by atoms with Crippen LogP contribution in [-0.4, -0.2) is 30.8 Å². The Morgan fingerprint density at radius 2 is 1.90 bits per heavy atom. The normalized spacial score (nSPS) is 12.0. The number of halogens is 4. The number of alkyl halides is 3. The molecule has 0 fully saturated rings. The van der Waals surface area contributed by atoms with E-state index in [-0.39, 0.29) is 15.6 Å². The summed E-state index contributed by atoms with van der Waals surface area (Å²) >= 11 is 7.49. The average Bonchev–Trinajstić information content (AvgIpc) is 3.07. The Balaban J connectivity index is 1.77. The van der Waals surface area contributed by atoms with Crippen molar-refractivity contribution < 1.29 is 27.5 Å². The van der Waals surface area contributed by atoms with E-state index in [1.165, 1.54) is 36.6 Å². The SMILES string of the molecule is COc1ccc2c(Cl)c(C(=O)N/N=C(/C)c3cccc(NC(=O)C(F)(F)F)c3)sc2c1. The van der Waals surface area contributed by atoms with E-state index < -0.39 is 18.0 Å². The second-order valence-electron chi connectivity index (χ2n) is 6.28. The van der Waals surface area contributed by atoms with Gasteiger partial charge in [0.15, 0.2) is 0 Å². The highest BCUT2D eigenvalue weighted by Crippen LogP contribution is 2.37. The maximum Gasteiger partial charge on any atom is 0.471 e. The molecule has 0 saturated heterocycles. The maximum absolute atomic E-state index is 12.5. The fraction of sp³-hybridized carbons (Fsp3) is 0.150. The molecule has 2 N–H and O–H groups in total. The smallest absolute Gasteiger partial charge is 0.471 e. The van der Waals surface area contributed by atoms with Crippen molar-refractivity contribution in [3.63, 3.8) is 0 Å². The summed E-state index contributed by atoms with van der Waals surface area (Å²) in [6.45, 7) is 1.56. The van der Waals surface area contributed by atoms with Crippen molar-refractivity contribution in [2.75, 3.05) is 12.4 Å². The predicted octanol–water partition coefficient (Wildman–Crippen LogP) is 5.22. The van der Waals surface area contributed by atoms with Gasteiger partial charge in [-0.1, -0.05) is 23.7 Å². The molecule has 162 valence electrons. The van der Waals surface area contributed by atoms with Gasteiger partial charge in [0.1, 0.15) is 10.6 Å². The van der Waals surface area contributed by atoms with Crippen molar-refractivity contribution >= 4 is 56.2 Å². The van der Waals surface area contributed by atoms with Crippen molar-refractivity contribution in [2.24, 2.45) is 5.10 Å². The lowest BCUT2D eigenvalue weighted by Crippen LogP contribution is -2.29. The molecule has 2 aromatic carbocycles. The van der Waals surface area contributed by atoms with E-state index in [9.17, 15) is 22.8 Å². The molecule has 1 aromatic heterocycles. The van der Waals surface area contributed by atoms with Crippen molar-refractivity contribution in [2.45, 2.75) is 13.1 Å². The standard InChI is InChI=1S/C20H15ClF3N3O3S/c1-10(11-4-3-5-12(8-11)25-19(29)20(22,23)24)26-27-18(28)17-16(21)14-7-6-13(30-2)9-15(14)31-17/h3-9H,1-2H3,(H,25,29)(H,27,28)/b26-10-. The Kier molecular flexibility index (Phi) is 6.51. The monoisotopic (exact) mass is 469 g/mol. The quantitative estimate of drug-likeness (QED) is 0.397. The van der Waals surface area contributed by atoms with Crippen LogP contribution < -0.4 is 15.5 Å². The van der Waals surface area contributed by atoms with Crippen LogP contribution >= 0.6 is 22.9 Å². The second-order valence-corrected chi connectivity index (χ2v) is 7.71. The molecule has 0 aliphatic heterocycles. The minimum Gasteiger partial charge on any atom is -0.497 e. The Bertz CT molecular complexity index is 1190. The summed E-state index contributed by atoms with van der Waals surface area (Å²) in [6, 6.07) is 10.9. The molecule has 1 heterocycles. The first kappa shape index (κ1) is 22.6. The Morgan fingerprint density at radius 3 is 2.58 bits per heavy atom. The summed E-state index contributed by atoms with van der Waals surface area (Å²) in [4.78, 5) is 23.9. The minimum absolute atomic E-state index is 0.0535. The second kappa shape index (κ2) is 8.94. The first-order chi connectivity index (χ1) is 14.6. The molecule has 3 rings (SSSR count). The zero-order valence-corrected chi connectivity index (χ0v) is 17.7. The van der Waals surface area contributed by atoms with Crippen LogP contribution in [0.15, 0.2) is 47.6 Å². The highest BCUT2D eigenvalue weighted by Gasteiger charge is 2.38. The topological polar surface area (TPSA) is 79.8 Å². The minimum atomic E-state index is -5.00. The molecule has 31 heavy (non-hydrogen) atoms. The van der Waals surface area contributed by atoms with Crippen LogP contribution in [0.2, 0.25) is 5.02 Å². The lowest BCUT2D eigenvalue weighted by atomic mass is 10.1. The number of amides is 2. The third kappa shape index (κ3) is 5.15. The molecule has 11 heteroatoms. The molecule has 0 bridgehead atoms. The van der Waals surface area contributed by atoms with Crippen molar-refractivity contribution in [1.82, 2.24) is 5.43 Å². The largest absolute Gasteiger partial charge is 0.497 e. The van der Waals surface area contributed by atoms with E-state index in [1.807, 2.05) is 0 Å². The molecule has 0 atom stereocenters. The van der Waals surface area contributed by atoms with Gasteiger partial charge in [-0.3, -0.25) is 9.59 Å². The van der Waals surface area contributed by atoms with Crippen LogP contribution in [-0.2, 0) is 4.79 Å². The number of nitrogens with one attached hydrogen (secondary N) is 2. The molecule has 3 aromatic rings. The number of hydrogen-bond donors (Lipinski definition) is 2. The third-order valence-corrected chi connectivity index (χ3v) is 5.82. The van der Waals surface area contributed by atoms with Gasteiger partial charge < -0.3 is 10.1 Å². The number of hydrogen-bond acceptors (Lipinski definition) is 5. The third-order valence-electron chi connectivity index (χ3n) is 4.16. The molecule has 0 saturated carbocycles. The fourth-order valence-corrected chi connectivity index (χ4v) is 4.03. The summed E-state index contributed by atoms with van der Waals surface area (Å²) in [5.41, 5.74) is 3.06. The molecule has 6 nitrogen and oxygen atoms in total. The van der Waals surface area contributed by atoms with Gasteiger partial charge in [0.2, 0.25) is 0 Å². The number of ether oxygens (including phenoxy) is 1. The molecule has 0 aliphatic carbocycles. The van der Waals surface area contributed by atoms with Crippen LogP contribution in [0, 0.1) is 0 Å². The van der Waals surface area contributed by atoms with Gasteiger partial charge in [-0.15, -0.1) is 11.3 Å². The Labute approximate surface area is 183 Å². The summed E-state index contributed by atoms with van der Waals surface area (Å²) in [7, 11) is 1.53. The number of hydrazone groups is 1. The number of methoxy groups -OCH3 is 1. The predicted molar refractivity (Wildman–Crippen MR) is 114 cm³/mol. The molecule has 0 spiro atoms. The Hall–Kier alpha value is -3.11. The van der Waals surface area contributed by atoms with Crippen molar-refractivity contribution in [3.05, 3.63) is 57.9 Å². The summed E-state index contributed by atoms with van der Waals surface area (Å²) in [5.74, 6) is -1.99. The summed E-state index contributed by atoms with van der Waals surface area (Å²) in [6.07, 6.45) is -5.00. The lowest BCUT2D eigenvalue weighted by molar-refractivity contribution is -0.167. The zero-order chi connectivity index (χ0) is 22.8. The number of fused-ring (bicyclic) bond motifs is 1. The van der Waals surface area contributed by atoms with Gasteiger partial charge in [-0.2, -0.15) is 18.3 Å². The number of carbonyl (C=O) groups excluding carboxylic acids is 2. The van der Waals surface area contributed by atoms with Crippen molar-refractivity contribution in [1.29, 1.82) is 0 Å². The van der Waals surface area contributed by atoms with Crippen LogP contribution in [0.1, 0.15) is 22.2 Å². The van der Waals surface area contributed by atoms with Gasteiger partial charge in [0.05, 0.1) is 17.8 Å². The van der Waals surface area contributed by atoms with Gasteiger partial charge in [-0.05, 0) is 42.8 Å². The summed E-state index contributed by atoms with van der Waals surface area (Å²) in [5, 5.41) is 6.74. The lowest BCUT2D eigenvalue weighted by Gasteiger charge is -2.09. The maximum atomic E-state index is 12.5. The van der Waals surface area contributed by atoms with E-state index in [0.717, 1.165) is 4.70 Å². The van der Waals surface area contributed by atoms with E-state index >= 15 is 0 Å². The molecular weight excluding hydrogens is 455 g/mol. The van der Waals surface area contributed by atoms with Crippen LogP contribution in [0.4, 0.5) is 18.9 Å². The van der Waals surface area contributed by atoms with E-state index in [4.69, 9.17) is 16.3 Å². The van der Waals surface area contributed by atoms with Crippen molar-refractivity contribution in [3.8, 4) is 5.75 Å². The number of rotatable bonds is 5. The van der Waals surface area contributed by atoms with Gasteiger partial charge in [-0.25, -0.2) is 5.43 Å². The van der Waals surface area contributed by atoms with E-state index in [2.05, 4.69) is 10.5 Å². The first-order valence-electron chi connectivity index (χ1n) is 8.69. The zero-order valence-electron chi connectivity index (χ0n) is 16.1. The van der Waals surface area contributed by atoms with Gasteiger partial charge in [0, 0.05) is 15.8 Å². The summed E-state index contributed by atoms with van der Waals surface area (Å²) < 4.78 is 43.2. The number of benzene rings is 2. The number of anilines is 1. The number of nitrogens with zero attached hydrogens (tertiary/aromatic N) is 1. The number of thiophene rings is 1. The highest BCUT2D eigenvalue weighted by atomic mass is 35.5. The average molecular weight is 470 g/mol. The number of carbonyl (C=O) groups is 2. The van der Waals surface area contributed by atoms with Crippen LogP contribution in [0.25, 0.3) is 10.1 Å². The molecular formula is C20H15ClF3N3O3S. The molecule has 0 aliphatic rings. The van der Waals surface area contributed by atoms with E-state index in [0.29, 0.717) is 22.4 Å². The van der Waals surface area contributed by atoms with Crippen LogP contribution in [0.5, 0.6) is 5.75 Å². The molecule has 0 radical (unpaired) electrons. The Morgan fingerprint density at radius 1 is 1.16 bits per heavy atom. The van der Waals surface area contributed by atoms with Gasteiger partial charge in [0.25, 0.3) is 5.91 Å². The van der Waals surface area contributed by atoms with Gasteiger partial charge >= 0.3 is 12.1 Å². The fourth-order valence-electron chi connectivity index (χ4n) is 2.59. The first-order valence-corrected chi connectivity index (χ1v) is 9.89. The highest BCUT2D eigenvalue weighted by molar-refractivity contribution is 7.21. The van der Waals surface area contributed by atoms with E-state index in [1.54, 1.807) is 36.5 Å². The van der Waals surface area contributed by atoms with Crippen LogP contribution in [0.3, 0.4) is 0 Å².